The second-order valence-corrected chi connectivity index (χ2v) is 11.7. The minimum absolute atomic E-state index is 0.192. The van der Waals surface area contributed by atoms with Crippen LogP contribution in [0.3, 0.4) is 0 Å². The summed E-state index contributed by atoms with van der Waals surface area (Å²) in [5.41, 5.74) is 12.3. The van der Waals surface area contributed by atoms with Crippen LogP contribution >= 0.6 is 0 Å². The van der Waals surface area contributed by atoms with E-state index in [-0.39, 0.29) is 5.75 Å². The topological polar surface area (TPSA) is 50.9 Å². The van der Waals surface area contributed by atoms with Gasteiger partial charge in [0.05, 0.1) is 22.3 Å². The smallest absolute Gasteiger partial charge is 0.149 e. The van der Waals surface area contributed by atoms with Crippen LogP contribution in [0.5, 0.6) is 5.75 Å². The third kappa shape index (κ3) is 5.58. The number of fused-ring (bicyclic) bond motifs is 1. The van der Waals surface area contributed by atoms with E-state index in [9.17, 15) is 5.11 Å². The van der Waals surface area contributed by atoms with Gasteiger partial charge in [0.25, 0.3) is 0 Å². The van der Waals surface area contributed by atoms with Crippen molar-refractivity contribution in [3.8, 4) is 56.3 Å². The van der Waals surface area contributed by atoms with Gasteiger partial charge in [-0.05, 0) is 82.8 Å². The quantitative estimate of drug-likeness (QED) is 0.197. The minimum atomic E-state index is 0.192. The molecular weight excluding hydrogens is 574 g/mol. The van der Waals surface area contributed by atoms with Crippen LogP contribution in [0, 0.1) is 0 Å². The van der Waals surface area contributed by atoms with Crippen LogP contribution < -0.4 is 0 Å². The zero-order chi connectivity index (χ0) is 31.6. The fourth-order valence-electron chi connectivity index (χ4n) is 6.28. The van der Waals surface area contributed by atoms with Crippen molar-refractivity contribution in [3.63, 3.8) is 0 Å². The van der Waals surface area contributed by atoms with Crippen molar-refractivity contribution in [3.05, 3.63) is 181 Å². The van der Waals surface area contributed by atoms with E-state index >= 15 is 0 Å². The van der Waals surface area contributed by atoms with Crippen LogP contribution in [0.1, 0.15) is 11.1 Å². The highest BCUT2D eigenvalue weighted by molar-refractivity contribution is 5.96. The molecule has 0 atom stereocenters. The number of benzene rings is 6. The van der Waals surface area contributed by atoms with Gasteiger partial charge < -0.3 is 5.11 Å². The third-order valence-electron chi connectivity index (χ3n) is 8.61. The molecule has 8 rings (SSSR count). The number of hydrogen-bond donors (Lipinski definition) is 1. The molecule has 0 aliphatic carbocycles. The van der Waals surface area contributed by atoms with E-state index in [1.165, 1.54) is 11.1 Å². The van der Waals surface area contributed by atoms with E-state index in [4.69, 9.17) is 9.97 Å². The number of phenols is 1. The zero-order valence-corrected chi connectivity index (χ0v) is 25.7. The van der Waals surface area contributed by atoms with Gasteiger partial charge in [0, 0.05) is 23.0 Å². The third-order valence-corrected chi connectivity index (χ3v) is 8.61. The molecule has 47 heavy (non-hydrogen) atoms. The van der Waals surface area contributed by atoms with E-state index in [1.807, 2.05) is 42.6 Å². The second kappa shape index (κ2) is 12.3. The standard InChI is InChI=1S/C43H31N3O/c47-41-20-8-7-17-38(41)43-45-42-37(34-15-9-16-35(28-34)39-29-33(25-26-44-39)32-13-5-2-6-14-32)18-10-19-40(42)46(43)36-23-21-31(22-24-36)27-30-11-3-1-4-12-30/h1-26,28-29,47H,27H2. The normalized spacial score (nSPS) is 11.1. The predicted molar refractivity (Wildman–Crippen MR) is 192 cm³/mol. The summed E-state index contributed by atoms with van der Waals surface area (Å²) >= 11 is 0. The van der Waals surface area contributed by atoms with Gasteiger partial charge in [-0.25, -0.2) is 4.98 Å². The summed E-state index contributed by atoms with van der Waals surface area (Å²) in [6.07, 6.45) is 2.73. The molecule has 224 valence electrons. The Kier molecular flexibility index (Phi) is 7.37. The number of pyridine rings is 1. The van der Waals surface area contributed by atoms with Gasteiger partial charge >= 0.3 is 0 Å². The van der Waals surface area contributed by atoms with E-state index in [0.29, 0.717) is 11.4 Å². The Labute approximate surface area is 273 Å². The van der Waals surface area contributed by atoms with E-state index in [0.717, 1.165) is 56.7 Å². The maximum Gasteiger partial charge on any atom is 0.149 e. The Morgan fingerprint density at radius 2 is 1.17 bits per heavy atom. The van der Waals surface area contributed by atoms with Crippen LogP contribution in [0.25, 0.3) is 61.6 Å². The molecule has 0 amide bonds. The lowest BCUT2D eigenvalue weighted by Gasteiger charge is -2.12. The minimum Gasteiger partial charge on any atom is -0.507 e. The molecule has 4 heteroatoms. The highest BCUT2D eigenvalue weighted by Crippen LogP contribution is 2.38. The fraction of sp³-hybridized carbons (Fsp3) is 0.0233. The molecular formula is C43H31N3O. The van der Waals surface area contributed by atoms with Crippen LogP contribution in [-0.2, 0) is 6.42 Å². The molecule has 0 saturated heterocycles. The number of aromatic nitrogens is 3. The molecule has 2 heterocycles. The van der Waals surface area contributed by atoms with Crippen molar-refractivity contribution in [2.75, 3.05) is 0 Å². The monoisotopic (exact) mass is 605 g/mol. The average molecular weight is 606 g/mol. The number of para-hydroxylation sites is 2. The number of nitrogens with zero attached hydrogens (tertiary/aromatic N) is 3. The number of imidazole rings is 1. The Hall–Kier alpha value is -6.26. The lowest BCUT2D eigenvalue weighted by atomic mass is 9.99. The molecule has 0 saturated carbocycles. The van der Waals surface area contributed by atoms with E-state index in [2.05, 4.69) is 126 Å². The lowest BCUT2D eigenvalue weighted by Crippen LogP contribution is -1.98. The zero-order valence-electron chi connectivity index (χ0n) is 25.7. The first-order valence-electron chi connectivity index (χ1n) is 15.8. The van der Waals surface area contributed by atoms with Gasteiger partial charge in [0.1, 0.15) is 11.6 Å². The van der Waals surface area contributed by atoms with Gasteiger partial charge in [-0.15, -0.1) is 0 Å². The molecule has 0 aliphatic heterocycles. The molecule has 0 radical (unpaired) electrons. The summed E-state index contributed by atoms with van der Waals surface area (Å²) in [5.74, 6) is 0.882. The summed E-state index contributed by atoms with van der Waals surface area (Å²) in [4.78, 5) is 9.96. The summed E-state index contributed by atoms with van der Waals surface area (Å²) in [5, 5.41) is 11.0. The van der Waals surface area contributed by atoms with Gasteiger partial charge in [-0.1, -0.05) is 115 Å². The van der Waals surface area contributed by atoms with Crippen LogP contribution in [0.15, 0.2) is 170 Å². The molecule has 1 N–H and O–H groups in total. The Balaban J connectivity index is 1.24. The first-order valence-corrected chi connectivity index (χ1v) is 15.8. The molecule has 0 fully saturated rings. The number of hydrogen-bond acceptors (Lipinski definition) is 3. The maximum atomic E-state index is 11.0. The Morgan fingerprint density at radius 1 is 0.511 bits per heavy atom. The van der Waals surface area contributed by atoms with Crippen molar-refractivity contribution in [1.29, 1.82) is 0 Å². The van der Waals surface area contributed by atoms with Gasteiger partial charge in [0.15, 0.2) is 0 Å². The SMILES string of the molecule is Oc1ccccc1-c1nc2c(-c3cccc(-c4cc(-c5ccccc5)ccn4)c3)cccc2n1-c1ccc(Cc2ccccc2)cc1. The molecule has 0 spiro atoms. The van der Waals surface area contributed by atoms with E-state index in [1.54, 1.807) is 6.07 Å². The number of rotatable bonds is 7. The largest absolute Gasteiger partial charge is 0.507 e. The fourth-order valence-corrected chi connectivity index (χ4v) is 6.28. The summed E-state index contributed by atoms with van der Waals surface area (Å²) in [6.45, 7) is 0. The van der Waals surface area contributed by atoms with Gasteiger partial charge in [-0.2, -0.15) is 0 Å². The first-order chi connectivity index (χ1) is 23.2. The number of phenolic OH excluding ortho intramolecular Hbond substituents is 1. The second-order valence-electron chi connectivity index (χ2n) is 11.7. The highest BCUT2D eigenvalue weighted by Gasteiger charge is 2.20. The van der Waals surface area contributed by atoms with Gasteiger partial charge in [0.2, 0.25) is 0 Å². The summed E-state index contributed by atoms with van der Waals surface area (Å²) in [7, 11) is 0. The molecule has 4 nitrogen and oxygen atoms in total. The molecule has 2 aromatic heterocycles. The Bertz CT molecular complexity index is 2320. The highest BCUT2D eigenvalue weighted by atomic mass is 16.3. The van der Waals surface area contributed by atoms with Crippen LogP contribution in [0.2, 0.25) is 0 Å². The maximum absolute atomic E-state index is 11.0. The Morgan fingerprint density at radius 3 is 1.98 bits per heavy atom. The first kappa shape index (κ1) is 28.2. The molecule has 8 aromatic rings. The molecule has 0 bridgehead atoms. The molecule has 0 aliphatic rings. The predicted octanol–water partition coefficient (Wildman–Crippen LogP) is 10.4. The van der Waals surface area contributed by atoms with Crippen LogP contribution in [-0.4, -0.2) is 19.6 Å². The molecule has 0 unspecified atom stereocenters. The van der Waals surface area contributed by atoms with Gasteiger partial charge in [-0.3, -0.25) is 9.55 Å². The summed E-state index contributed by atoms with van der Waals surface area (Å²) in [6, 6.07) is 55.9. The van der Waals surface area contributed by atoms with Crippen molar-refractivity contribution < 1.29 is 5.11 Å². The van der Waals surface area contributed by atoms with Crippen molar-refractivity contribution >= 4 is 11.0 Å². The van der Waals surface area contributed by atoms with Crippen LogP contribution in [0.4, 0.5) is 0 Å². The van der Waals surface area contributed by atoms with E-state index < -0.39 is 0 Å². The van der Waals surface area contributed by atoms with Crippen molar-refractivity contribution in [2.45, 2.75) is 6.42 Å². The lowest BCUT2D eigenvalue weighted by molar-refractivity contribution is 0.477. The number of aromatic hydroxyl groups is 1. The average Bonchev–Trinajstić information content (AvgIpc) is 3.53. The van der Waals surface area contributed by atoms with Crippen molar-refractivity contribution in [2.24, 2.45) is 0 Å². The van der Waals surface area contributed by atoms with Crippen molar-refractivity contribution in [1.82, 2.24) is 14.5 Å². The molecule has 6 aromatic carbocycles. The summed E-state index contributed by atoms with van der Waals surface area (Å²) < 4.78 is 2.15.